The third-order valence-corrected chi connectivity index (χ3v) is 4.43. The number of hydrogen-bond donors (Lipinski definition) is 1. The Morgan fingerprint density at radius 1 is 1.03 bits per heavy atom. The monoisotopic (exact) mass is 386 g/mol. The van der Waals surface area contributed by atoms with Crippen LogP contribution in [0.5, 0.6) is 0 Å². The third kappa shape index (κ3) is 3.55. The molecular weight excluding hydrogens is 370 g/mol. The zero-order chi connectivity index (χ0) is 20.4. The molecule has 0 aliphatic rings. The summed E-state index contributed by atoms with van der Waals surface area (Å²) in [7, 11) is 0. The Bertz CT molecular complexity index is 1240. The van der Waals surface area contributed by atoms with E-state index in [2.05, 4.69) is 20.3 Å². The van der Waals surface area contributed by atoms with Crippen molar-refractivity contribution in [2.24, 2.45) is 0 Å². The molecule has 0 aliphatic heterocycles. The average molecular weight is 386 g/mol. The first kappa shape index (κ1) is 18.3. The lowest BCUT2D eigenvalue weighted by atomic mass is 10.1. The topological polar surface area (TPSA) is 113 Å². The standard InChI is InChI=1S/C21H17N5O3/c1-13(20(28)29)17-19(27)26(15-10-6-3-7-11-15)18-16(24-17)12-22-21(25-18)23-14-8-4-2-5-9-14/h2-13H,1H3,(H,28,29)(H,22,23,25)/p-1. The number of aliphatic carboxylic acids is 1. The second kappa shape index (κ2) is 7.51. The van der Waals surface area contributed by atoms with Crippen molar-refractivity contribution in [3.8, 4) is 5.69 Å². The first-order chi connectivity index (χ1) is 14.0. The maximum Gasteiger partial charge on any atom is 0.279 e. The van der Waals surface area contributed by atoms with Crippen LogP contribution in [0.1, 0.15) is 18.5 Å². The molecule has 0 radical (unpaired) electrons. The highest BCUT2D eigenvalue weighted by Gasteiger charge is 2.20. The molecule has 2 aromatic heterocycles. The Morgan fingerprint density at radius 2 is 1.69 bits per heavy atom. The summed E-state index contributed by atoms with van der Waals surface area (Å²) in [5, 5.41) is 14.4. The highest BCUT2D eigenvalue weighted by molar-refractivity contribution is 5.77. The fraction of sp³-hybridized carbons (Fsp3) is 0.0952. The molecule has 0 saturated heterocycles. The van der Waals surface area contributed by atoms with E-state index in [-0.39, 0.29) is 17.3 Å². The summed E-state index contributed by atoms with van der Waals surface area (Å²) in [5.74, 6) is -2.27. The summed E-state index contributed by atoms with van der Waals surface area (Å²) >= 11 is 0. The highest BCUT2D eigenvalue weighted by Crippen LogP contribution is 2.19. The van der Waals surface area contributed by atoms with Crippen LogP contribution in [0.3, 0.4) is 0 Å². The number of nitrogens with zero attached hydrogens (tertiary/aromatic N) is 4. The van der Waals surface area contributed by atoms with Crippen molar-refractivity contribution < 1.29 is 9.90 Å². The number of carboxylic acid groups (broad SMARTS) is 1. The van der Waals surface area contributed by atoms with E-state index >= 15 is 0 Å². The van der Waals surface area contributed by atoms with Gasteiger partial charge in [-0.25, -0.2) is 9.97 Å². The number of rotatable bonds is 5. The van der Waals surface area contributed by atoms with Gasteiger partial charge in [0.1, 0.15) is 11.2 Å². The number of anilines is 2. The van der Waals surface area contributed by atoms with Crippen LogP contribution < -0.4 is 16.0 Å². The Kier molecular flexibility index (Phi) is 4.74. The third-order valence-electron chi connectivity index (χ3n) is 4.43. The van der Waals surface area contributed by atoms with Crippen molar-refractivity contribution in [1.82, 2.24) is 19.5 Å². The number of carbonyl (C=O) groups is 1. The summed E-state index contributed by atoms with van der Waals surface area (Å²) in [6, 6.07) is 18.2. The van der Waals surface area contributed by atoms with Crippen molar-refractivity contribution in [3.05, 3.63) is 82.9 Å². The lowest BCUT2D eigenvalue weighted by Crippen LogP contribution is -2.34. The highest BCUT2D eigenvalue weighted by atomic mass is 16.4. The molecule has 1 atom stereocenters. The second-order valence-corrected chi connectivity index (χ2v) is 6.41. The second-order valence-electron chi connectivity index (χ2n) is 6.41. The molecule has 0 fully saturated rings. The Morgan fingerprint density at radius 3 is 2.34 bits per heavy atom. The molecule has 0 aliphatic carbocycles. The quantitative estimate of drug-likeness (QED) is 0.556. The Hall–Kier alpha value is -4.07. The van der Waals surface area contributed by atoms with E-state index in [0.717, 1.165) is 5.69 Å². The summed E-state index contributed by atoms with van der Waals surface area (Å²) < 4.78 is 1.34. The number of aromatic nitrogens is 4. The first-order valence-corrected chi connectivity index (χ1v) is 8.92. The minimum atomic E-state index is -1.38. The number of fused-ring (bicyclic) bond motifs is 1. The van der Waals surface area contributed by atoms with Gasteiger partial charge in [0.15, 0.2) is 5.65 Å². The van der Waals surface area contributed by atoms with Crippen LogP contribution in [0.4, 0.5) is 11.6 Å². The van der Waals surface area contributed by atoms with Crippen LogP contribution in [0.15, 0.2) is 71.7 Å². The van der Waals surface area contributed by atoms with Crippen LogP contribution in [-0.2, 0) is 4.79 Å². The molecule has 4 rings (SSSR count). The van der Waals surface area contributed by atoms with Gasteiger partial charge in [0.2, 0.25) is 5.95 Å². The van der Waals surface area contributed by atoms with Gasteiger partial charge in [0.25, 0.3) is 5.56 Å². The molecule has 4 aromatic rings. The zero-order valence-corrected chi connectivity index (χ0v) is 15.4. The van der Waals surface area contributed by atoms with Gasteiger partial charge < -0.3 is 15.2 Å². The van der Waals surface area contributed by atoms with Crippen LogP contribution in [0, 0.1) is 0 Å². The van der Waals surface area contributed by atoms with Crippen LogP contribution >= 0.6 is 0 Å². The number of hydrogen-bond acceptors (Lipinski definition) is 7. The lowest BCUT2D eigenvalue weighted by Gasteiger charge is -2.16. The van der Waals surface area contributed by atoms with Gasteiger partial charge in [0.05, 0.1) is 17.9 Å². The maximum atomic E-state index is 13.1. The van der Waals surface area contributed by atoms with Gasteiger partial charge in [-0.1, -0.05) is 43.3 Å². The average Bonchev–Trinajstić information content (AvgIpc) is 2.74. The van der Waals surface area contributed by atoms with Crippen molar-refractivity contribution in [2.75, 3.05) is 5.32 Å². The van der Waals surface area contributed by atoms with E-state index < -0.39 is 17.4 Å². The van der Waals surface area contributed by atoms with Crippen molar-refractivity contribution in [1.29, 1.82) is 0 Å². The molecule has 8 nitrogen and oxygen atoms in total. The van der Waals surface area contributed by atoms with Gasteiger partial charge in [-0.05, 0) is 24.3 Å². The predicted octanol–water partition coefficient (Wildman–Crippen LogP) is 1.77. The molecule has 29 heavy (non-hydrogen) atoms. The van der Waals surface area contributed by atoms with Crippen molar-refractivity contribution >= 4 is 28.8 Å². The molecule has 0 bridgehead atoms. The fourth-order valence-electron chi connectivity index (χ4n) is 2.92. The number of carbonyl (C=O) groups excluding carboxylic acids is 1. The maximum absolute atomic E-state index is 13.1. The molecule has 144 valence electrons. The van der Waals surface area contributed by atoms with Gasteiger partial charge in [-0.2, -0.15) is 4.98 Å². The van der Waals surface area contributed by atoms with E-state index in [4.69, 9.17) is 0 Å². The largest absolute Gasteiger partial charge is 0.549 e. The summed E-state index contributed by atoms with van der Waals surface area (Å²) in [5.41, 5.74) is 1.20. The van der Waals surface area contributed by atoms with Gasteiger partial charge in [-0.3, -0.25) is 9.36 Å². The number of nitrogens with one attached hydrogen (secondary N) is 1. The summed E-state index contributed by atoms with van der Waals surface area (Å²) in [4.78, 5) is 37.4. The van der Waals surface area contributed by atoms with Gasteiger partial charge in [-0.15, -0.1) is 0 Å². The summed E-state index contributed by atoms with van der Waals surface area (Å²) in [6.07, 6.45) is 1.46. The van der Waals surface area contributed by atoms with Crippen molar-refractivity contribution in [2.45, 2.75) is 12.8 Å². The normalized spacial score (nSPS) is 11.9. The first-order valence-electron chi connectivity index (χ1n) is 8.92. The fourth-order valence-corrected chi connectivity index (χ4v) is 2.92. The minimum absolute atomic E-state index is 0.131. The predicted molar refractivity (Wildman–Crippen MR) is 106 cm³/mol. The number of para-hydroxylation sites is 2. The summed E-state index contributed by atoms with van der Waals surface area (Å²) in [6.45, 7) is 1.37. The number of benzene rings is 2. The Labute approximate surface area is 165 Å². The molecule has 2 aromatic carbocycles. The van der Waals surface area contributed by atoms with E-state index in [1.807, 2.05) is 36.4 Å². The van der Waals surface area contributed by atoms with E-state index in [1.165, 1.54) is 17.7 Å². The van der Waals surface area contributed by atoms with Crippen LogP contribution in [0.2, 0.25) is 0 Å². The molecule has 1 unspecified atom stereocenters. The minimum Gasteiger partial charge on any atom is -0.549 e. The SMILES string of the molecule is CC(C(=O)[O-])c1nc2cnc(Nc3ccccc3)nc2n(-c2ccccc2)c1=O. The number of carboxylic acids is 1. The van der Waals surface area contributed by atoms with Crippen LogP contribution in [-0.4, -0.2) is 25.5 Å². The van der Waals surface area contributed by atoms with Crippen molar-refractivity contribution in [3.63, 3.8) is 0 Å². The van der Waals surface area contributed by atoms with Crippen LogP contribution in [0.25, 0.3) is 16.9 Å². The van der Waals surface area contributed by atoms with E-state index in [9.17, 15) is 14.7 Å². The van der Waals surface area contributed by atoms with Gasteiger partial charge in [0, 0.05) is 11.6 Å². The molecule has 0 amide bonds. The molecule has 2 heterocycles. The Balaban J connectivity index is 1.95. The lowest BCUT2D eigenvalue weighted by molar-refractivity contribution is -0.307. The zero-order valence-electron chi connectivity index (χ0n) is 15.4. The molecule has 1 N–H and O–H groups in total. The molecule has 0 spiro atoms. The molecule has 8 heteroatoms. The smallest absolute Gasteiger partial charge is 0.279 e. The molecular formula is C21H16N5O3-. The molecule has 0 saturated carbocycles. The van der Waals surface area contributed by atoms with E-state index in [1.54, 1.807) is 24.3 Å². The van der Waals surface area contributed by atoms with E-state index in [0.29, 0.717) is 11.2 Å². The van der Waals surface area contributed by atoms with Gasteiger partial charge >= 0.3 is 0 Å².